The van der Waals surface area contributed by atoms with Crippen LogP contribution in [0.2, 0.25) is 0 Å². The Morgan fingerprint density at radius 2 is 1.03 bits per heavy atom. The van der Waals surface area contributed by atoms with Crippen molar-refractivity contribution in [1.29, 1.82) is 0 Å². The van der Waals surface area contributed by atoms with Crippen LogP contribution in [0.15, 0.2) is 139 Å². The van der Waals surface area contributed by atoms with E-state index in [9.17, 15) is 9.59 Å². The zero-order chi connectivity index (χ0) is 40.9. The van der Waals surface area contributed by atoms with Gasteiger partial charge in [-0.1, -0.05) is 113 Å². The summed E-state index contributed by atoms with van der Waals surface area (Å²) in [6.07, 6.45) is 13.4. The van der Waals surface area contributed by atoms with Gasteiger partial charge in [-0.3, -0.25) is 9.59 Å². The molecule has 58 heavy (non-hydrogen) atoms. The van der Waals surface area contributed by atoms with Gasteiger partial charge < -0.3 is 29.8 Å². The van der Waals surface area contributed by atoms with Crippen molar-refractivity contribution in [3.05, 3.63) is 139 Å². The van der Waals surface area contributed by atoms with Crippen molar-refractivity contribution in [2.75, 3.05) is 13.1 Å². The molecule has 2 amide bonds. The highest BCUT2D eigenvalue weighted by Gasteiger charge is 2.32. The number of hydrogen-bond acceptors (Lipinski definition) is 6. The van der Waals surface area contributed by atoms with Crippen LogP contribution < -0.4 is 16.1 Å². The maximum Gasteiger partial charge on any atom is 0.488 e. The summed E-state index contributed by atoms with van der Waals surface area (Å²) in [7, 11) is -1.34. The van der Waals surface area contributed by atoms with Crippen molar-refractivity contribution < 1.29 is 19.6 Å². The number of benzene rings is 4. The van der Waals surface area contributed by atoms with Gasteiger partial charge in [-0.25, -0.2) is 9.97 Å². The van der Waals surface area contributed by atoms with Gasteiger partial charge in [0.15, 0.2) is 0 Å². The Bertz CT molecular complexity index is 2180. The van der Waals surface area contributed by atoms with E-state index in [2.05, 4.69) is 106 Å². The lowest BCUT2D eigenvalue weighted by Gasteiger charge is -2.16. The second kappa shape index (κ2) is 20.9. The summed E-state index contributed by atoms with van der Waals surface area (Å²) in [5.74, 6) is 0.625. The van der Waals surface area contributed by atoms with Crippen molar-refractivity contribution in [3.8, 4) is 33.6 Å². The van der Waals surface area contributed by atoms with Crippen molar-refractivity contribution in [1.82, 2.24) is 29.7 Å². The van der Waals surface area contributed by atoms with Gasteiger partial charge in [0.25, 0.3) is 0 Å². The molecule has 10 nitrogen and oxygen atoms in total. The molecule has 8 rings (SSSR count). The number of amides is 2. The van der Waals surface area contributed by atoms with Crippen molar-refractivity contribution in [2.24, 2.45) is 11.8 Å². The molecule has 2 aromatic heterocycles. The Labute approximate surface area is 350 Å². The summed E-state index contributed by atoms with van der Waals surface area (Å²) in [5, 5.41) is 23.1. The summed E-state index contributed by atoms with van der Waals surface area (Å²) in [6.45, 7) is 5.34. The Kier molecular flexibility index (Phi) is 15.3. The summed E-state index contributed by atoms with van der Waals surface area (Å²) in [4.78, 5) is 32.9. The molecule has 300 valence electrons. The second-order valence-electron chi connectivity index (χ2n) is 14.7. The largest absolute Gasteiger partial charge is 0.488 e. The molecule has 6 aromatic rings. The van der Waals surface area contributed by atoms with E-state index in [0.29, 0.717) is 30.6 Å². The lowest BCUT2D eigenvalue weighted by Crippen LogP contribution is -2.29. The van der Waals surface area contributed by atoms with E-state index in [-0.39, 0.29) is 23.7 Å². The van der Waals surface area contributed by atoms with Gasteiger partial charge in [0, 0.05) is 41.5 Å². The third-order valence-electron chi connectivity index (χ3n) is 10.9. The van der Waals surface area contributed by atoms with Gasteiger partial charge in [0.2, 0.25) is 11.8 Å². The van der Waals surface area contributed by atoms with Crippen LogP contribution in [0.5, 0.6) is 0 Å². The molecule has 0 saturated heterocycles. The van der Waals surface area contributed by atoms with Crippen LogP contribution >= 0.6 is 15.9 Å². The van der Waals surface area contributed by atoms with Crippen LogP contribution in [-0.2, 0) is 9.59 Å². The van der Waals surface area contributed by atoms with Gasteiger partial charge in [-0.15, -0.1) is 0 Å². The molecule has 0 spiro atoms. The van der Waals surface area contributed by atoms with Gasteiger partial charge in [-0.05, 0) is 92.2 Å². The number of hydrogen-bond donors (Lipinski definition) is 4. The topological polar surface area (TPSA) is 134 Å². The predicted molar refractivity (Wildman–Crippen MR) is 235 cm³/mol. The summed E-state index contributed by atoms with van der Waals surface area (Å²) < 4.78 is 5.54. The smallest absolute Gasteiger partial charge is 0.423 e. The minimum atomic E-state index is -1.34. The molecule has 2 heterocycles. The Hall–Kier alpha value is -5.30. The number of nitrogens with zero attached hydrogens (tertiary/aromatic N) is 4. The zero-order valence-electron chi connectivity index (χ0n) is 33.1. The first kappa shape index (κ1) is 42.3. The quantitative estimate of drug-likeness (QED) is 0.104. The third kappa shape index (κ3) is 11.0. The number of imidazole rings is 2. The Balaban J connectivity index is 0.000000164. The van der Waals surface area contributed by atoms with Crippen LogP contribution in [0, 0.1) is 11.8 Å². The predicted octanol–water partition coefficient (Wildman–Crippen LogP) is 7.85. The van der Waals surface area contributed by atoms with Crippen LogP contribution in [0.3, 0.4) is 0 Å². The SMILES string of the molecule is CCNC(=O)[C@H]1CC[C@@H](n2cncc2-c2ccc(-c3ccccc3)cc2)C1.CCNC(=O)[C@H]1CC[C@@H](n2cncc2-c2ccc(Br)cc2)C1.OB(O)c1ccccc1. The van der Waals surface area contributed by atoms with Crippen LogP contribution in [0.25, 0.3) is 33.6 Å². The number of carbonyl (C=O) groups excluding carboxylic acids is 2. The molecular weight excluding hydrogens is 791 g/mol. The number of rotatable bonds is 10. The molecule has 0 bridgehead atoms. The minimum absolute atomic E-state index is 0.116. The maximum atomic E-state index is 12.2. The first-order valence-corrected chi connectivity index (χ1v) is 21.0. The number of halogens is 1. The molecule has 0 aliphatic heterocycles. The van der Waals surface area contributed by atoms with Crippen LogP contribution in [-0.4, -0.2) is 61.2 Å². The maximum absolute atomic E-state index is 12.2. The molecule has 4 N–H and O–H groups in total. The summed E-state index contributed by atoms with van der Waals surface area (Å²) in [6, 6.07) is 36.7. The molecular formula is C46H52BBrN6O4. The molecule has 0 radical (unpaired) electrons. The fourth-order valence-electron chi connectivity index (χ4n) is 7.88. The van der Waals surface area contributed by atoms with E-state index < -0.39 is 7.12 Å². The zero-order valence-corrected chi connectivity index (χ0v) is 34.7. The molecule has 2 aliphatic carbocycles. The first-order valence-electron chi connectivity index (χ1n) is 20.2. The highest BCUT2D eigenvalue weighted by Crippen LogP contribution is 2.39. The van der Waals surface area contributed by atoms with Gasteiger partial charge in [0.1, 0.15) is 0 Å². The van der Waals surface area contributed by atoms with Crippen LogP contribution in [0.4, 0.5) is 0 Å². The lowest BCUT2D eigenvalue weighted by atomic mass is 9.81. The van der Waals surface area contributed by atoms with Crippen molar-refractivity contribution in [2.45, 2.75) is 64.5 Å². The molecule has 4 aromatic carbocycles. The minimum Gasteiger partial charge on any atom is -0.423 e. The number of aromatic nitrogens is 4. The average molecular weight is 844 g/mol. The van der Waals surface area contributed by atoms with Gasteiger partial charge in [0.05, 0.1) is 36.4 Å². The highest BCUT2D eigenvalue weighted by atomic mass is 79.9. The molecule has 2 fully saturated rings. The fourth-order valence-corrected chi connectivity index (χ4v) is 8.15. The fraction of sp³-hybridized carbons (Fsp3) is 0.304. The normalized spacial score (nSPS) is 18.3. The number of nitrogens with one attached hydrogen (secondary N) is 2. The molecule has 2 aliphatic rings. The summed E-state index contributed by atoms with van der Waals surface area (Å²) in [5.41, 5.74) is 7.51. The number of carbonyl (C=O) groups is 2. The second-order valence-corrected chi connectivity index (χ2v) is 15.6. The van der Waals surface area contributed by atoms with E-state index in [0.717, 1.165) is 65.5 Å². The Morgan fingerprint density at radius 1 is 0.621 bits per heavy atom. The highest BCUT2D eigenvalue weighted by molar-refractivity contribution is 9.10. The molecule has 2 saturated carbocycles. The first-order chi connectivity index (χ1) is 28.2. The molecule has 4 atom stereocenters. The van der Waals surface area contributed by atoms with E-state index in [1.165, 1.54) is 11.1 Å². The van der Waals surface area contributed by atoms with Crippen molar-refractivity contribution >= 4 is 40.3 Å². The third-order valence-corrected chi connectivity index (χ3v) is 11.4. The van der Waals surface area contributed by atoms with Gasteiger partial charge >= 0.3 is 7.12 Å². The molecule has 0 unspecified atom stereocenters. The van der Waals surface area contributed by atoms with E-state index in [1.807, 2.05) is 63.2 Å². The van der Waals surface area contributed by atoms with E-state index in [1.54, 1.807) is 24.3 Å². The van der Waals surface area contributed by atoms with Crippen LogP contribution in [0.1, 0.15) is 64.5 Å². The van der Waals surface area contributed by atoms with E-state index in [4.69, 9.17) is 10.0 Å². The molecule has 12 heteroatoms. The Morgan fingerprint density at radius 3 is 1.47 bits per heavy atom. The standard InChI is InChI=1S/C23H25N3O.C17H20BrN3O.C6H7BO2/c1-2-25-23(27)20-12-13-21(14-20)26-16-24-15-22(26)19-10-8-18(9-11-19)17-6-4-3-5-7-17;1-2-20-17(22)13-5-8-15(9-13)21-11-19-10-16(21)12-3-6-14(18)7-4-12;8-7(9)6-4-2-1-3-5-6/h3-11,15-16,20-21H,2,12-14H2,1H3,(H,25,27);3-4,6-7,10-11,13,15H,2,5,8-9H2,1H3,(H,20,22);1-5,8-9H/t20-,21+;13-,15+;/m00./s1. The lowest BCUT2D eigenvalue weighted by molar-refractivity contribution is -0.125. The van der Waals surface area contributed by atoms with Gasteiger partial charge in [-0.2, -0.15) is 0 Å². The van der Waals surface area contributed by atoms with Crippen molar-refractivity contribution in [3.63, 3.8) is 0 Å². The summed E-state index contributed by atoms with van der Waals surface area (Å²) >= 11 is 3.47. The van der Waals surface area contributed by atoms with E-state index >= 15 is 0 Å². The monoisotopic (exact) mass is 842 g/mol. The average Bonchev–Trinajstić information content (AvgIpc) is 4.10.